The number of amides is 1. The van der Waals surface area contributed by atoms with Gasteiger partial charge in [-0.25, -0.2) is 0 Å². The largest absolute Gasteiger partial charge is 0.367 e. The molecule has 0 unspecified atom stereocenters. The third kappa shape index (κ3) is 4.95. The van der Waals surface area contributed by atoms with Gasteiger partial charge in [0.25, 0.3) is 0 Å². The molecule has 1 aromatic rings. The summed E-state index contributed by atoms with van der Waals surface area (Å²) in [4.78, 5) is 11.1. The van der Waals surface area contributed by atoms with E-state index in [1.165, 1.54) is 6.08 Å². The Morgan fingerprint density at radius 2 is 2.00 bits per heavy atom. The van der Waals surface area contributed by atoms with Gasteiger partial charge in [0.05, 0.1) is 6.54 Å². The quantitative estimate of drug-likeness (QED) is 0.485. The lowest BCUT2D eigenvalue weighted by Crippen LogP contribution is -2.30. The van der Waals surface area contributed by atoms with Crippen LogP contribution in [0.15, 0.2) is 36.4 Å². The summed E-state index contributed by atoms with van der Waals surface area (Å²) in [6, 6.07) is 9.36. The average Bonchev–Trinajstić information content (AvgIpc) is 2.25. The van der Waals surface area contributed by atoms with E-state index in [1.807, 2.05) is 30.3 Å². The van der Waals surface area contributed by atoms with E-state index in [0.29, 0.717) is 0 Å². The summed E-state index contributed by atoms with van der Waals surface area (Å²) in [7, 11) is 0. The Labute approximate surface area is 87.9 Å². The first-order valence-electron chi connectivity index (χ1n) is 4.55. The van der Waals surface area contributed by atoms with Crippen molar-refractivity contribution in [2.45, 2.75) is 6.29 Å². The molecule has 1 rings (SSSR count). The van der Waals surface area contributed by atoms with Crippen LogP contribution in [0, 0.1) is 0 Å². The number of nitrogens with one attached hydrogen (secondary N) is 1. The first-order chi connectivity index (χ1) is 7.18. The molecule has 0 spiro atoms. The lowest BCUT2D eigenvalue weighted by atomic mass is 10.2. The minimum Gasteiger partial charge on any atom is -0.367 e. The molecule has 3 N–H and O–H groups in total. The lowest BCUT2D eigenvalue weighted by molar-refractivity contribution is -0.118. The Morgan fingerprint density at radius 3 is 2.60 bits per heavy atom. The van der Waals surface area contributed by atoms with Crippen LogP contribution in [-0.4, -0.2) is 29.0 Å². The van der Waals surface area contributed by atoms with Crippen LogP contribution >= 0.6 is 0 Å². The van der Waals surface area contributed by atoms with Gasteiger partial charge in [-0.3, -0.25) is 4.79 Å². The molecule has 0 fully saturated rings. The minimum absolute atomic E-state index is 0.169. The van der Waals surface area contributed by atoms with Crippen LogP contribution in [-0.2, 0) is 4.79 Å². The Morgan fingerprint density at radius 1 is 1.33 bits per heavy atom. The summed E-state index contributed by atoms with van der Waals surface area (Å²) >= 11 is 0. The first kappa shape index (κ1) is 11.4. The first-order valence-corrected chi connectivity index (χ1v) is 4.55. The third-order valence-electron chi connectivity index (χ3n) is 1.69. The summed E-state index contributed by atoms with van der Waals surface area (Å²) in [5.74, 6) is -0.355. The fraction of sp³-hybridized carbons (Fsp3) is 0.182. The number of benzene rings is 1. The van der Waals surface area contributed by atoms with Crippen LogP contribution in [0.25, 0.3) is 6.08 Å². The highest BCUT2D eigenvalue weighted by Gasteiger charge is 1.98. The van der Waals surface area contributed by atoms with E-state index >= 15 is 0 Å². The van der Waals surface area contributed by atoms with Crippen molar-refractivity contribution in [1.82, 2.24) is 5.32 Å². The molecule has 4 nitrogen and oxygen atoms in total. The second-order valence-corrected chi connectivity index (χ2v) is 2.97. The van der Waals surface area contributed by atoms with E-state index in [1.54, 1.807) is 6.08 Å². The lowest BCUT2D eigenvalue weighted by Gasteiger charge is -2.02. The number of carbonyl (C=O) groups is 1. The second-order valence-electron chi connectivity index (χ2n) is 2.97. The predicted molar refractivity (Wildman–Crippen MR) is 56.7 cm³/mol. The molecule has 0 radical (unpaired) electrons. The smallest absolute Gasteiger partial charge is 0.244 e. The molecular weight excluding hydrogens is 194 g/mol. The fourth-order valence-corrected chi connectivity index (χ4v) is 0.987. The highest BCUT2D eigenvalue weighted by Crippen LogP contribution is 2.00. The molecule has 0 aromatic heterocycles. The van der Waals surface area contributed by atoms with Crippen molar-refractivity contribution in [3.63, 3.8) is 0 Å². The van der Waals surface area contributed by atoms with Crippen LogP contribution in [0.5, 0.6) is 0 Å². The summed E-state index contributed by atoms with van der Waals surface area (Å²) in [6.45, 7) is -0.169. The molecule has 0 aliphatic heterocycles. The van der Waals surface area contributed by atoms with Crippen molar-refractivity contribution in [3.8, 4) is 0 Å². The van der Waals surface area contributed by atoms with Gasteiger partial charge < -0.3 is 15.5 Å². The maximum absolute atomic E-state index is 11.1. The Balaban J connectivity index is 2.41. The summed E-state index contributed by atoms with van der Waals surface area (Å²) in [5, 5.41) is 19.3. The van der Waals surface area contributed by atoms with Gasteiger partial charge in [0.1, 0.15) is 0 Å². The minimum atomic E-state index is -1.51. The molecule has 15 heavy (non-hydrogen) atoms. The van der Waals surface area contributed by atoms with Gasteiger partial charge in [-0.15, -0.1) is 0 Å². The van der Waals surface area contributed by atoms with Crippen molar-refractivity contribution in [3.05, 3.63) is 42.0 Å². The molecule has 0 saturated carbocycles. The van der Waals surface area contributed by atoms with Crippen molar-refractivity contribution in [1.29, 1.82) is 0 Å². The number of aliphatic hydroxyl groups excluding tert-OH is 1. The third-order valence-corrected chi connectivity index (χ3v) is 1.69. The molecule has 4 heteroatoms. The number of carbonyl (C=O) groups excluding carboxylic acids is 1. The number of hydrogen-bond donors (Lipinski definition) is 3. The molecule has 1 aromatic carbocycles. The Hall–Kier alpha value is -1.65. The average molecular weight is 207 g/mol. The fourth-order valence-electron chi connectivity index (χ4n) is 0.987. The molecule has 80 valence electrons. The van der Waals surface area contributed by atoms with Crippen LogP contribution in [0.4, 0.5) is 0 Å². The molecule has 0 aliphatic carbocycles. The second kappa shape index (κ2) is 5.95. The van der Waals surface area contributed by atoms with Gasteiger partial charge in [0, 0.05) is 6.08 Å². The molecule has 0 bridgehead atoms. The van der Waals surface area contributed by atoms with Crippen LogP contribution in [0.1, 0.15) is 5.56 Å². The van der Waals surface area contributed by atoms with Crippen molar-refractivity contribution in [2.24, 2.45) is 0 Å². The van der Waals surface area contributed by atoms with Gasteiger partial charge in [0.15, 0.2) is 6.29 Å². The number of hydrogen-bond acceptors (Lipinski definition) is 3. The highest BCUT2D eigenvalue weighted by atomic mass is 16.5. The Bertz CT molecular complexity index is 333. The van der Waals surface area contributed by atoms with Gasteiger partial charge >= 0.3 is 0 Å². The van der Waals surface area contributed by atoms with Crippen LogP contribution < -0.4 is 5.32 Å². The summed E-state index contributed by atoms with van der Waals surface area (Å²) in [5.41, 5.74) is 0.914. The zero-order valence-corrected chi connectivity index (χ0v) is 8.13. The van der Waals surface area contributed by atoms with E-state index in [2.05, 4.69) is 5.32 Å². The van der Waals surface area contributed by atoms with Gasteiger partial charge in [-0.05, 0) is 11.6 Å². The zero-order valence-electron chi connectivity index (χ0n) is 8.13. The van der Waals surface area contributed by atoms with Gasteiger partial charge in [-0.2, -0.15) is 0 Å². The maximum Gasteiger partial charge on any atom is 0.244 e. The van der Waals surface area contributed by atoms with E-state index in [-0.39, 0.29) is 12.5 Å². The summed E-state index contributed by atoms with van der Waals surface area (Å²) in [6.07, 6.45) is 1.48. The Kier molecular flexibility index (Phi) is 4.53. The molecular formula is C11H13NO3. The topological polar surface area (TPSA) is 69.6 Å². The van der Waals surface area contributed by atoms with Crippen molar-refractivity contribution >= 4 is 12.0 Å². The predicted octanol–water partition coefficient (Wildman–Crippen LogP) is 0.127. The molecule has 0 saturated heterocycles. The van der Waals surface area contributed by atoms with Crippen LogP contribution in [0.3, 0.4) is 0 Å². The van der Waals surface area contributed by atoms with Crippen molar-refractivity contribution in [2.75, 3.05) is 6.54 Å². The van der Waals surface area contributed by atoms with E-state index in [0.717, 1.165) is 5.56 Å². The van der Waals surface area contributed by atoms with E-state index in [9.17, 15) is 4.79 Å². The number of aliphatic hydroxyl groups is 2. The molecule has 0 aliphatic rings. The van der Waals surface area contributed by atoms with Gasteiger partial charge in [0.2, 0.25) is 5.91 Å². The zero-order chi connectivity index (χ0) is 11.1. The van der Waals surface area contributed by atoms with E-state index in [4.69, 9.17) is 10.2 Å². The summed E-state index contributed by atoms with van der Waals surface area (Å²) < 4.78 is 0. The van der Waals surface area contributed by atoms with Crippen molar-refractivity contribution < 1.29 is 15.0 Å². The molecule has 1 amide bonds. The monoisotopic (exact) mass is 207 g/mol. The highest BCUT2D eigenvalue weighted by molar-refractivity contribution is 5.91. The normalized spacial score (nSPS) is 10.9. The molecule has 0 atom stereocenters. The standard InChI is InChI=1S/C11H13NO3/c13-10(12-8-11(14)15)7-6-9-4-2-1-3-5-9/h1-7,11,14-15H,8H2,(H,12,13). The van der Waals surface area contributed by atoms with E-state index < -0.39 is 6.29 Å². The van der Waals surface area contributed by atoms with Gasteiger partial charge in [-0.1, -0.05) is 30.3 Å². The number of rotatable bonds is 4. The molecule has 0 heterocycles. The SMILES string of the molecule is O=C(C=Cc1ccccc1)NCC(O)O. The van der Waals surface area contributed by atoms with Crippen LogP contribution in [0.2, 0.25) is 0 Å². The maximum atomic E-state index is 11.1.